The number of H-pyrrole nitrogens is 1. The van der Waals surface area contributed by atoms with E-state index in [-0.39, 0.29) is 1.43 Å². The summed E-state index contributed by atoms with van der Waals surface area (Å²) in [7, 11) is 0. The van der Waals surface area contributed by atoms with Gasteiger partial charge in [-0.25, -0.2) is 0 Å². The van der Waals surface area contributed by atoms with Crippen LogP contribution < -0.4 is 0 Å². The van der Waals surface area contributed by atoms with Gasteiger partial charge in [0.15, 0.2) is 0 Å². The molecule has 0 atom stereocenters. The van der Waals surface area contributed by atoms with Crippen LogP contribution >= 0.6 is 0 Å². The summed E-state index contributed by atoms with van der Waals surface area (Å²) in [6.45, 7) is 7.28. The Kier molecular flexibility index (Phi) is 1.54. The summed E-state index contributed by atoms with van der Waals surface area (Å²) in [5, 5.41) is 0. The molecule has 0 saturated heterocycles. The van der Waals surface area contributed by atoms with Gasteiger partial charge in [-0.3, -0.25) is 0 Å². The molecule has 0 unspecified atom stereocenters. The van der Waals surface area contributed by atoms with Crippen LogP contribution in [-0.2, 0) is 0 Å². The van der Waals surface area contributed by atoms with Crippen molar-refractivity contribution < 1.29 is 1.43 Å². The van der Waals surface area contributed by atoms with Crippen molar-refractivity contribution in [2.75, 3.05) is 0 Å². The molecule has 1 nitrogen and oxygen atoms in total. The van der Waals surface area contributed by atoms with E-state index >= 15 is 0 Å². The fourth-order valence-electron chi connectivity index (χ4n) is 0.749. The first kappa shape index (κ1) is 5.89. The molecule has 0 aromatic carbocycles. The summed E-state index contributed by atoms with van der Waals surface area (Å²) < 4.78 is 0. The van der Waals surface area contributed by atoms with Gasteiger partial charge in [-0.15, -0.1) is 0 Å². The molecule has 0 saturated carbocycles. The maximum atomic E-state index is 3.64. The molecule has 1 aromatic rings. The molecule has 1 aromatic heterocycles. The van der Waals surface area contributed by atoms with Crippen molar-refractivity contribution in [2.45, 2.75) is 0 Å². The molecule has 1 heteroatoms. The Bertz CT molecular complexity index is 202. The molecule has 0 aliphatic heterocycles. The van der Waals surface area contributed by atoms with E-state index in [1.165, 1.54) is 0 Å². The van der Waals surface area contributed by atoms with Crippen LogP contribution in [0.2, 0.25) is 0 Å². The van der Waals surface area contributed by atoms with E-state index in [1.54, 1.807) is 12.2 Å². The first-order valence-electron chi connectivity index (χ1n) is 2.80. The van der Waals surface area contributed by atoms with E-state index in [4.69, 9.17) is 0 Å². The maximum Gasteiger partial charge on any atom is 0.0447 e. The highest BCUT2D eigenvalue weighted by Crippen LogP contribution is 2.07. The highest BCUT2D eigenvalue weighted by Gasteiger charge is 1.91. The lowest BCUT2D eigenvalue weighted by Gasteiger charge is -1.86. The quantitative estimate of drug-likeness (QED) is 0.619. The van der Waals surface area contributed by atoms with E-state index in [2.05, 4.69) is 18.1 Å². The average Bonchev–Trinajstić information content (AvgIpc) is 2.33. The first-order chi connectivity index (χ1) is 4.38. The molecule has 0 amide bonds. The van der Waals surface area contributed by atoms with Crippen molar-refractivity contribution >= 4 is 12.2 Å². The standard InChI is InChI=1S/C8H9N.H2/c1-3-7-5-6-9-8(7)4-2;/h3-6,9H,1-2H2;1H. The van der Waals surface area contributed by atoms with Gasteiger partial charge in [0, 0.05) is 13.3 Å². The SMILES string of the molecule is C=Cc1cc[nH]c1C=C.[HH]. The number of aromatic nitrogens is 1. The number of hydrogen-bond donors (Lipinski definition) is 1. The fraction of sp³-hybridized carbons (Fsp3) is 0. The molecular formula is C8H11N. The Hall–Kier alpha value is -1.24. The van der Waals surface area contributed by atoms with Crippen LogP contribution in [0.25, 0.3) is 12.2 Å². The summed E-state index contributed by atoms with van der Waals surface area (Å²) in [6.07, 6.45) is 5.44. The van der Waals surface area contributed by atoms with E-state index in [1.807, 2.05) is 12.3 Å². The third-order valence-electron chi connectivity index (χ3n) is 1.24. The third-order valence-corrected chi connectivity index (χ3v) is 1.24. The number of rotatable bonds is 2. The van der Waals surface area contributed by atoms with Crippen LogP contribution in [0.15, 0.2) is 25.4 Å². The fourth-order valence-corrected chi connectivity index (χ4v) is 0.749. The van der Waals surface area contributed by atoms with Crippen LogP contribution in [0.1, 0.15) is 12.7 Å². The molecule has 9 heavy (non-hydrogen) atoms. The van der Waals surface area contributed by atoms with Gasteiger partial charge < -0.3 is 4.98 Å². The van der Waals surface area contributed by atoms with Gasteiger partial charge in [-0.1, -0.05) is 19.2 Å². The molecule has 0 bridgehead atoms. The van der Waals surface area contributed by atoms with Gasteiger partial charge in [0.25, 0.3) is 0 Å². The van der Waals surface area contributed by atoms with Crippen molar-refractivity contribution in [3.8, 4) is 0 Å². The van der Waals surface area contributed by atoms with Crippen molar-refractivity contribution in [1.82, 2.24) is 4.98 Å². The topological polar surface area (TPSA) is 15.8 Å². The Labute approximate surface area is 56.2 Å². The molecule has 1 heterocycles. The van der Waals surface area contributed by atoms with Crippen LogP contribution in [0, 0.1) is 0 Å². The maximum absolute atomic E-state index is 3.64. The van der Waals surface area contributed by atoms with E-state index in [0.29, 0.717) is 0 Å². The number of nitrogens with one attached hydrogen (secondary N) is 1. The largest absolute Gasteiger partial charge is 0.361 e. The summed E-state index contributed by atoms with van der Waals surface area (Å²) in [5.74, 6) is 0. The normalized spacial score (nSPS) is 8.89. The van der Waals surface area contributed by atoms with Crippen LogP contribution in [0.3, 0.4) is 0 Å². The molecule has 0 spiro atoms. The van der Waals surface area contributed by atoms with Crippen LogP contribution in [0.4, 0.5) is 0 Å². The van der Waals surface area contributed by atoms with Crippen LogP contribution in [-0.4, -0.2) is 4.98 Å². The van der Waals surface area contributed by atoms with E-state index in [0.717, 1.165) is 11.3 Å². The molecule has 1 rings (SSSR count). The second-order valence-electron chi connectivity index (χ2n) is 1.75. The van der Waals surface area contributed by atoms with Gasteiger partial charge in [0.2, 0.25) is 0 Å². The summed E-state index contributed by atoms with van der Waals surface area (Å²) >= 11 is 0. The minimum atomic E-state index is 0. The lowest BCUT2D eigenvalue weighted by atomic mass is 10.2. The molecular weight excluding hydrogens is 110 g/mol. The van der Waals surface area contributed by atoms with Gasteiger partial charge in [-0.2, -0.15) is 0 Å². The molecule has 0 fully saturated rings. The van der Waals surface area contributed by atoms with Crippen molar-refractivity contribution in [3.63, 3.8) is 0 Å². The lowest BCUT2D eigenvalue weighted by Crippen LogP contribution is -1.70. The van der Waals surface area contributed by atoms with Gasteiger partial charge in [0.05, 0.1) is 0 Å². The predicted molar refractivity (Wildman–Crippen MR) is 43.1 cm³/mol. The van der Waals surface area contributed by atoms with Gasteiger partial charge >= 0.3 is 0 Å². The van der Waals surface area contributed by atoms with Crippen molar-refractivity contribution in [2.24, 2.45) is 0 Å². The Balaban J connectivity index is 0.000000810. The number of hydrogen-bond acceptors (Lipinski definition) is 0. The minimum Gasteiger partial charge on any atom is -0.361 e. The second-order valence-corrected chi connectivity index (χ2v) is 1.75. The van der Waals surface area contributed by atoms with Crippen LogP contribution in [0.5, 0.6) is 0 Å². The van der Waals surface area contributed by atoms with Crippen molar-refractivity contribution in [1.29, 1.82) is 0 Å². The Morgan fingerprint density at radius 2 is 2.22 bits per heavy atom. The van der Waals surface area contributed by atoms with Gasteiger partial charge in [-0.05, 0) is 17.7 Å². The lowest BCUT2D eigenvalue weighted by molar-refractivity contribution is 1.37. The second kappa shape index (κ2) is 2.35. The van der Waals surface area contributed by atoms with Crippen molar-refractivity contribution in [3.05, 3.63) is 36.7 Å². The molecule has 1 N–H and O–H groups in total. The van der Waals surface area contributed by atoms with Gasteiger partial charge in [0.1, 0.15) is 0 Å². The predicted octanol–water partition coefficient (Wildman–Crippen LogP) is 2.55. The smallest absolute Gasteiger partial charge is 0.0447 e. The zero-order valence-corrected chi connectivity index (χ0v) is 5.22. The summed E-state index contributed by atoms with van der Waals surface area (Å²) in [5.41, 5.74) is 2.13. The number of aromatic amines is 1. The highest BCUT2D eigenvalue weighted by molar-refractivity contribution is 5.60. The Morgan fingerprint density at radius 3 is 2.67 bits per heavy atom. The first-order valence-corrected chi connectivity index (χ1v) is 2.80. The zero-order chi connectivity index (χ0) is 6.69. The molecule has 0 aliphatic rings. The summed E-state index contributed by atoms with van der Waals surface area (Å²) in [4.78, 5) is 3.02. The summed E-state index contributed by atoms with van der Waals surface area (Å²) in [6, 6.07) is 1.96. The molecule has 0 radical (unpaired) electrons. The Morgan fingerprint density at radius 1 is 1.44 bits per heavy atom. The monoisotopic (exact) mass is 121 g/mol. The average molecular weight is 121 g/mol. The van der Waals surface area contributed by atoms with E-state index < -0.39 is 0 Å². The molecule has 48 valence electrons. The zero-order valence-electron chi connectivity index (χ0n) is 5.22. The molecule has 0 aliphatic carbocycles. The third kappa shape index (κ3) is 0.941. The van der Waals surface area contributed by atoms with E-state index in [9.17, 15) is 0 Å². The highest BCUT2D eigenvalue weighted by atomic mass is 14.7. The minimum absolute atomic E-state index is 0.